The van der Waals surface area contributed by atoms with Gasteiger partial charge in [0.25, 0.3) is 10.0 Å². The van der Waals surface area contributed by atoms with E-state index in [2.05, 4.69) is 5.32 Å². The van der Waals surface area contributed by atoms with Crippen molar-refractivity contribution in [3.05, 3.63) is 89.4 Å². The SMILES string of the molecule is CCCCNC(=O)C(CC)N(Cc1cccc(OC)c1)C(=O)CN(c1ccccc1)S(=O)(=O)c1ccc(Cl)cc1. The van der Waals surface area contributed by atoms with Gasteiger partial charge in [0, 0.05) is 18.1 Å². The first kappa shape index (κ1) is 31.0. The van der Waals surface area contributed by atoms with Gasteiger partial charge < -0.3 is 15.0 Å². The maximum Gasteiger partial charge on any atom is 0.264 e. The van der Waals surface area contributed by atoms with Crippen molar-refractivity contribution >= 4 is 39.1 Å². The second-order valence-electron chi connectivity index (χ2n) is 9.24. The minimum atomic E-state index is -4.15. The molecule has 0 heterocycles. The number of carbonyl (C=O) groups is 2. The van der Waals surface area contributed by atoms with Gasteiger partial charge in [-0.3, -0.25) is 13.9 Å². The van der Waals surface area contributed by atoms with Gasteiger partial charge in [0.15, 0.2) is 0 Å². The van der Waals surface area contributed by atoms with E-state index >= 15 is 0 Å². The molecule has 0 spiro atoms. The zero-order valence-corrected chi connectivity index (χ0v) is 24.6. The number of sulfonamides is 1. The van der Waals surface area contributed by atoms with E-state index in [1.54, 1.807) is 55.6 Å². The van der Waals surface area contributed by atoms with E-state index in [0.717, 1.165) is 22.7 Å². The van der Waals surface area contributed by atoms with Gasteiger partial charge in [-0.2, -0.15) is 0 Å². The summed E-state index contributed by atoms with van der Waals surface area (Å²) in [4.78, 5) is 28.7. The Balaban J connectivity index is 2.01. The van der Waals surface area contributed by atoms with E-state index in [1.165, 1.54) is 29.2 Å². The summed E-state index contributed by atoms with van der Waals surface area (Å²) in [6.45, 7) is 3.95. The van der Waals surface area contributed by atoms with Crippen LogP contribution in [0.15, 0.2) is 83.8 Å². The highest BCUT2D eigenvalue weighted by molar-refractivity contribution is 7.92. The number of methoxy groups -OCH3 is 1. The van der Waals surface area contributed by atoms with E-state index in [4.69, 9.17) is 16.3 Å². The lowest BCUT2D eigenvalue weighted by Gasteiger charge is -2.33. The van der Waals surface area contributed by atoms with Crippen molar-refractivity contribution in [3.63, 3.8) is 0 Å². The number of anilines is 1. The summed E-state index contributed by atoms with van der Waals surface area (Å²) >= 11 is 5.99. The van der Waals surface area contributed by atoms with E-state index in [9.17, 15) is 18.0 Å². The molecule has 3 aromatic carbocycles. The van der Waals surface area contributed by atoms with Crippen molar-refractivity contribution < 1.29 is 22.7 Å². The van der Waals surface area contributed by atoms with E-state index in [-0.39, 0.29) is 17.3 Å². The van der Waals surface area contributed by atoms with Crippen molar-refractivity contribution in [2.24, 2.45) is 0 Å². The molecule has 2 amide bonds. The Bertz CT molecular complexity index is 1370. The predicted molar refractivity (Wildman–Crippen MR) is 158 cm³/mol. The molecule has 3 aromatic rings. The normalized spacial score (nSPS) is 11.9. The molecule has 0 aliphatic heterocycles. The fourth-order valence-corrected chi connectivity index (χ4v) is 5.79. The number of rotatable bonds is 14. The van der Waals surface area contributed by atoms with Crippen LogP contribution in [0.5, 0.6) is 5.75 Å². The summed E-state index contributed by atoms with van der Waals surface area (Å²) in [6.07, 6.45) is 2.08. The molecule has 0 fully saturated rings. The molecular formula is C30H36ClN3O5S. The smallest absolute Gasteiger partial charge is 0.264 e. The third-order valence-corrected chi connectivity index (χ3v) is 8.47. The number of hydrogen-bond donors (Lipinski definition) is 1. The van der Waals surface area contributed by atoms with Crippen molar-refractivity contribution in [3.8, 4) is 5.75 Å². The van der Waals surface area contributed by atoms with E-state index in [0.29, 0.717) is 29.4 Å². The Morgan fingerprint density at radius 3 is 2.30 bits per heavy atom. The summed E-state index contributed by atoms with van der Waals surface area (Å²) in [5.41, 5.74) is 1.08. The summed E-state index contributed by atoms with van der Waals surface area (Å²) in [5.74, 6) is -0.178. The lowest BCUT2D eigenvalue weighted by Crippen LogP contribution is -2.52. The molecule has 0 aliphatic rings. The van der Waals surface area contributed by atoms with Gasteiger partial charge in [-0.25, -0.2) is 8.42 Å². The van der Waals surface area contributed by atoms with Gasteiger partial charge in [0.1, 0.15) is 18.3 Å². The standard InChI is InChI=1S/C30H36ClN3O5S/c1-4-6-19-32-30(36)28(5-2)33(21-23-11-10-14-26(20-23)39-3)29(35)22-34(25-12-8-7-9-13-25)40(37,38)27-17-15-24(31)16-18-27/h7-18,20,28H,4-6,19,21-22H2,1-3H3,(H,32,36). The number of hydrogen-bond acceptors (Lipinski definition) is 5. The van der Waals surface area contributed by atoms with E-state index in [1.807, 2.05) is 19.9 Å². The largest absolute Gasteiger partial charge is 0.497 e. The number of nitrogens with zero attached hydrogens (tertiary/aromatic N) is 2. The van der Waals surface area contributed by atoms with Crippen molar-refractivity contribution in [2.45, 2.75) is 50.6 Å². The number of unbranched alkanes of at least 4 members (excludes halogenated alkanes) is 1. The lowest BCUT2D eigenvalue weighted by atomic mass is 10.1. The Labute approximate surface area is 241 Å². The molecule has 3 rings (SSSR count). The summed E-state index contributed by atoms with van der Waals surface area (Å²) < 4.78 is 34.0. The molecule has 0 saturated carbocycles. The summed E-state index contributed by atoms with van der Waals surface area (Å²) in [6, 6.07) is 20.6. The highest BCUT2D eigenvalue weighted by atomic mass is 35.5. The van der Waals surface area contributed by atoms with Crippen LogP contribution in [0, 0.1) is 0 Å². The van der Waals surface area contributed by atoms with Crippen LogP contribution in [0.4, 0.5) is 5.69 Å². The molecule has 0 radical (unpaired) electrons. The number of para-hydroxylation sites is 1. The number of amides is 2. The fraction of sp³-hybridized carbons (Fsp3) is 0.333. The maximum absolute atomic E-state index is 14.0. The van der Waals surface area contributed by atoms with Gasteiger partial charge in [-0.1, -0.05) is 62.2 Å². The highest BCUT2D eigenvalue weighted by Crippen LogP contribution is 2.26. The number of carbonyl (C=O) groups excluding carboxylic acids is 2. The Morgan fingerprint density at radius 1 is 0.975 bits per heavy atom. The summed E-state index contributed by atoms with van der Waals surface area (Å²) in [7, 11) is -2.59. The minimum Gasteiger partial charge on any atom is -0.497 e. The Kier molecular flexibility index (Phi) is 11.4. The third-order valence-electron chi connectivity index (χ3n) is 6.43. The monoisotopic (exact) mass is 585 g/mol. The Morgan fingerprint density at radius 2 is 1.68 bits per heavy atom. The number of ether oxygens (including phenoxy) is 1. The van der Waals surface area contributed by atoms with Crippen LogP contribution in [-0.2, 0) is 26.2 Å². The minimum absolute atomic E-state index is 0.00255. The van der Waals surface area contributed by atoms with Crippen LogP contribution >= 0.6 is 11.6 Å². The van der Waals surface area contributed by atoms with Gasteiger partial charge in [0.05, 0.1) is 17.7 Å². The molecule has 214 valence electrons. The number of benzene rings is 3. The van der Waals surface area contributed by atoms with Crippen LogP contribution in [-0.4, -0.2) is 51.4 Å². The first-order valence-electron chi connectivity index (χ1n) is 13.2. The van der Waals surface area contributed by atoms with Crippen LogP contribution in [0.3, 0.4) is 0 Å². The van der Waals surface area contributed by atoms with Gasteiger partial charge >= 0.3 is 0 Å². The average molecular weight is 586 g/mol. The zero-order valence-electron chi connectivity index (χ0n) is 23.0. The molecule has 0 bridgehead atoms. The second kappa shape index (κ2) is 14.7. The topological polar surface area (TPSA) is 96.0 Å². The molecule has 0 aliphatic carbocycles. The molecule has 1 atom stereocenters. The fourth-order valence-electron chi connectivity index (χ4n) is 4.25. The molecule has 10 heteroatoms. The van der Waals surface area contributed by atoms with Crippen molar-refractivity contribution in [1.82, 2.24) is 10.2 Å². The first-order valence-corrected chi connectivity index (χ1v) is 15.1. The van der Waals surface area contributed by atoms with Gasteiger partial charge in [-0.15, -0.1) is 0 Å². The molecule has 0 aromatic heterocycles. The van der Waals surface area contributed by atoms with Crippen molar-refractivity contribution in [2.75, 3.05) is 24.5 Å². The second-order valence-corrected chi connectivity index (χ2v) is 11.5. The molecule has 40 heavy (non-hydrogen) atoms. The van der Waals surface area contributed by atoms with Crippen molar-refractivity contribution in [1.29, 1.82) is 0 Å². The van der Waals surface area contributed by atoms with E-state index < -0.39 is 28.5 Å². The maximum atomic E-state index is 14.0. The number of halogens is 1. The quantitative estimate of drug-likeness (QED) is 0.260. The third kappa shape index (κ3) is 7.99. The van der Waals surface area contributed by atoms with Crippen LogP contribution < -0.4 is 14.4 Å². The van der Waals surface area contributed by atoms with Gasteiger partial charge in [-0.05, 0) is 66.9 Å². The predicted octanol–water partition coefficient (Wildman–Crippen LogP) is 5.27. The lowest BCUT2D eigenvalue weighted by molar-refractivity contribution is -0.140. The molecule has 1 unspecified atom stereocenters. The van der Waals surface area contributed by atoms with Gasteiger partial charge in [0.2, 0.25) is 11.8 Å². The zero-order chi connectivity index (χ0) is 29.1. The Hall–Kier alpha value is -3.56. The molecule has 0 saturated heterocycles. The first-order chi connectivity index (χ1) is 19.2. The number of nitrogens with one attached hydrogen (secondary N) is 1. The summed E-state index contributed by atoms with van der Waals surface area (Å²) in [5, 5.41) is 3.32. The molecule has 1 N–H and O–H groups in total. The molecular weight excluding hydrogens is 550 g/mol. The van der Waals surface area contributed by atoms with Crippen LogP contribution in [0.1, 0.15) is 38.7 Å². The van der Waals surface area contributed by atoms with Crippen LogP contribution in [0.25, 0.3) is 0 Å². The van der Waals surface area contributed by atoms with Crippen LogP contribution in [0.2, 0.25) is 5.02 Å². The molecule has 8 nitrogen and oxygen atoms in total. The highest BCUT2D eigenvalue weighted by Gasteiger charge is 2.33. The average Bonchev–Trinajstić information content (AvgIpc) is 2.96.